The van der Waals surface area contributed by atoms with Crippen molar-refractivity contribution < 1.29 is 24.2 Å². The quantitative estimate of drug-likeness (QED) is 0.119. The Morgan fingerprint density at radius 2 is 1.46 bits per heavy atom. The monoisotopic (exact) mass is 698 g/mol. The summed E-state index contributed by atoms with van der Waals surface area (Å²) in [6.07, 6.45) is -0.892. The van der Waals surface area contributed by atoms with Gasteiger partial charge < -0.3 is 14.6 Å². The van der Waals surface area contributed by atoms with E-state index >= 15 is 0 Å². The molecule has 8 rings (SSSR count). The van der Waals surface area contributed by atoms with E-state index in [9.17, 15) is 14.7 Å². The molecule has 1 aromatic heterocycles. The lowest BCUT2D eigenvalue weighted by Gasteiger charge is -2.41. The van der Waals surface area contributed by atoms with Gasteiger partial charge in [0.25, 0.3) is 11.8 Å². The van der Waals surface area contributed by atoms with Crippen LogP contribution >= 0.6 is 23.1 Å². The van der Waals surface area contributed by atoms with Crippen molar-refractivity contribution in [1.82, 2.24) is 9.88 Å². The van der Waals surface area contributed by atoms with E-state index in [1.165, 1.54) is 9.60 Å². The number of aliphatic hydroxyl groups excluding tert-OH is 1. The van der Waals surface area contributed by atoms with E-state index in [0.29, 0.717) is 11.1 Å². The fourth-order valence-electron chi connectivity index (χ4n) is 6.62. The number of rotatable bonds is 9. The molecule has 0 saturated carbocycles. The minimum Gasteiger partial charge on any atom is -0.392 e. The van der Waals surface area contributed by atoms with E-state index in [0.717, 1.165) is 49.0 Å². The lowest BCUT2D eigenvalue weighted by molar-refractivity contribution is -0.268. The van der Waals surface area contributed by atoms with Crippen LogP contribution < -0.4 is 0 Å². The van der Waals surface area contributed by atoms with Gasteiger partial charge in [-0.3, -0.25) is 14.5 Å². The molecule has 0 spiro atoms. The minimum atomic E-state index is -0.580. The van der Waals surface area contributed by atoms with Gasteiger partial charge >= 0.3 is 0 Å². The third-order valence-electron chi connectivity index (χ3n) is 9.43. The molecule has 5 aromatic carbocycles. The van der Waals surface area contributed by atoms with Crippen LogP contribution in [0.5, 0.6) is 0 Å². The highest BCUT2D eigenvalue weighted by molar-refractivity contribution is 8.01. The Balaban J connectivity index is 1.01. The van der Waals surface area contributed by atoms with Gasteiger partial charge in [0, 0.05) is 17.2 Å². The smallest absolute Gasteiger partial charge is 0.261 e. The van der Waals surface area contributed by atoms with Crippen molar-refractivity contribution in [3.05, 3.63) is 155 Å². The summed E-state index contributed by atoms with van der Waals surface area (Å²) >= 11 is 3.41. The number of thioether (sulfide) groups is 1. The largest absolute Gasteiger partial charge is 0.392 e. The molecule has 2 aliphatic heterocycles. The first-order chi connectivity index (χ1) is 24.4. The third-order valence-corrected chi connectivity index (χ3v) is 11.7. The number of aromatic nitrogens is 1. The summed E-state index contributed by atoms with van der Waals surface area (Å²) in [5, 5.41) is 9.60. The van der Waals surface area contributed by atoms with Crippen LogP contribution in [0.3, 0.4) is 0 Å². The van der Waals surface area contributed by atoms with Gasteiger partial charge in [-0.25, -0.2) is 4.98 Å². The van der Waals surface area contributed by atoms with Crippen molar-refractivity contribution in [2.24, 2.45) is 5.92 Å². The Morgan fingerprint density at radius 3 is 2.18 bits per heavy atom. The van der Waals surface area contributed by atoms with Gasteiger partial charge in [-0.1, -0.05) is 110 Å². The predicted molar refractivity (Wildman–Crippen MR) is 196 cm³/mol. The first-order valence-corrected chi connectivity index (χ1v) is 18.4. The number of fused-ring (bicyclic) bond motifs is 2. The zero-order valence-electron chi connectivity index (χ0n) is 27.3. The Morgan fingerprint density at radius 1 is 0.760 bits per heavy atom. The second-order valence-corrected chi connectivity index (χ2v) is 14.9. The molecule has 3 heterocycles. The first kappa shape index (κ1) is 32.6. The summed E-state index contributed by atoms with van der Waals surface area (Å²) in [6.45, 7) is 2.37. The SMILES string of the molecule is C[C@@H]1[C@H](CSc2nc3ccccc3s2)O[C@H](c2ccc(-c3cccc(CN4C(=O)c5ccccc5C4=O)c3)cc2)O[C@@H]1c1ccc(CO)cc1. The highest BCUT2D eigenvalue weighted by Gasteiger charge is 2.39. The molecule has 250 valence electrons. The molecule has 50 heavy (non-hydrogen) atoms. The van der Waals surface area contributed by atoms with Gasteiger partial charge in [-0.2, -0.15) is 0 Å². The van der Waals surface area contributed by atoms with Gasteiger partial charge in [-0.15, -0.1) is 11.3 Å². The number of hydrogen-bond acceptors (Lipinski definition) is 8. The minimum absolute atomic E-state index is 0.00739. The van der Waals surface area contributed by atoms with Gasteiger partial charge in [0.1, 0.15) is 0 Å². The van der Waals surface area contributed by atoms with E-state index < -0.39 is 6.29 Å². The summed E-state index contributed by atoms with van der Waals surface area (Å²) in [7, 11) is 0. The third kappa shape index (κ3) is 6.39. The maximum absolute atomic E-state index is 13.0. The Kier molecular flexibility index (Phi) is 9.07. The number of carbonyl (C=O) groups excluding carboxylic acids is 2. The predicted octanol–water partition coefficient (Wildman–Crippen LogP) is 8.84. The van der Waals surface area contributed by atoms with Crippen LogP contribution in [0.2, 0.25) is 0 Å². The van der Waals surface area contributed by atoms with Gasteiger partial charge in [-0.05, 0) is 58.1 Å². The van der Waals surface area contributed by atoms with Crippen LogP contribution in [-0.4, -0.2) is 38.7 Å². The number of ether oxygens (including phenoxy) is 2. The molecule has 1 saturated heterocycles. The van der Waals surface area contributed by atoms with Crippen LogP contribution in [-0.2, 0) is 22.6 Å². The van der Waals surface area contributed by atoms with E-state index in [1.54, 1.807) is 47.4 Å². The number of hydrogen-bond donors (Lipinski definition) is 1. The Hall–Kier alpha value is -4.64. The van der Waals surface area contributed by atoms with Crippen molar-refractivity contribution in [2.75, 3.05) is 5.75 Å². The van der Waals surface area contributed by atoms with Gasteiger partial charge in [0.15, 0.2) is 10.6 Å². The van der Waals surface area contributed by atoms with E-state index in [4.69, 9.17) is 14.5 Å². The number of carbonyl (C=O) groups is 2. The van der Waals surface area contributed by atoms with E-state index in [2.05, 4.69) is 25.1 Å². The topological polar surface area (TPSA) is 89.0 Å². The van der Waals surface area contributed by atoms with Crippen molar-refractivity contribution >= 4 is 45.1 Å². The molecule has 6 aromatic rings. The molecule has 1 N–H and O–H groups in total. The van der Waals surface area contributed by atoms with Crippen molar-refractivity contribution in [2.45, 2.75) is 42.9 Å². The number of nitrogens with zero attached hydrogens (tertiary/aromatic N) is 2. The zero-order valence-corrected chi connectivity index (χ0v) is 28.9. The molecule has 7 nitrogen and oxygen atoms in total. The molecule has 2 amide bonds. The molecule has 2 aliphatic rings. The number of para-hydroxylation sites is 1. The number of thiazole rings is 1. The maximum atomic E-state index is 13.0. The molecule has 9 heteroatoms. The second-order valence-electron chi connectivity index (χ2n) is 12.6. The Labute approximate surface area is 298 Å². The highest BCUT2D eigenvalue weighted by Crippen LogP contribution is 2.44. The summed E-state index contributed by atoms with van der Waals surface area (Å²) < 4.78 is 15.6. The standard InChI is InChI=1S/C41H34N2O5S2/c1-25-35(24-49-41-42-34-11-4-5-12-36(34)50-41)47-40(48-37(25)29-15-13-26(23-44)14-16-29)30-19-17-28(18-20-30)31-8-6-7-27(21-31)22-43-38(45)32-9-2-3-10-33(32)39(43)46/h2-21,25,35,37,40,44H,22-24H2,1H3/t25-,35+,37+,40+/m1/s1. The summed E-state index contributed by atoms with van der Waals surface area (Å²) in [5.41, 5.74) is 7.58. The molecule has 0 bridgehead atoms. The van der Waals surface area contributed by atoms with Crippen molar-refractivity contribution in [1.29, 1.82) is 0 Å². The molecular formula is C41H34N2O5S2. The fraction of sp³-hybridized carbons (Fsp3) is 0.195. The van der Waals surface area contributed by atoms with E-state index in [1.807, 2.05) is 78.9 Å². The second kappa shape index (κ2) is 13.9. The average molecular weight is 699 g/mol. The number of imide groups is 1. The highest BCUT2D eigenvalue weighted by atomic mass is 32.2. The van der Waals surface area contributed by atoms with Crippen LogP contribution in [0.1, 0.15) is 62.3 Å². The van der Waals surface area contributed by atoms with Crippen molar-refractivity contribution in [3.63, 3.8) is 0 Å². The molecule has 0 aliphatic carbocycles. The Bertz CT molecular complexity index is 2110. The van der Waals surface area contributed by atoms with Gasteiger partial charge in [0.05, 0.1) is 46.7 Å². The lowest BCUT2D eigenvalue weighted by atomic mass is 9.91. The summed E-state index contributed by atoms with van der Waals surface area (Å²) in [4.78, 5) is 32.0. The maximum Gasteiger partial charge on any atom is 0.261 e. The number of aliphatic hydroxyl groups is 1. The van der Waals surface area contributed by atoms with Crippen LogP contribution in [0.15, 0.2) is 126 Å². The fourth-order valence-corrected chi connectivity index (χ4v) is 8.88. The number of benzene rings is 5. The molecule has 0 radical (unpaired) electrons. The average Bonchev–Trinajstić information content (AvgIpc) is 3.69. The molecule has 0 unspecified atom stereocenters. The summed E-state index contributed by atoms with van der Waals surface area (Å²) in [6, 6.07) is 39.2. The molecular weight excluding hydrogens is 665 g/mol. The number of amides is 2. The molecule has 4 atom stereocenters. The summed E-state index contributed by atoms with van der Waals surface area (Å²) in [5.74, 6) is 0.268. The molecule has 1 fully saturated rings. The first-order valence-electron chi connectivity index (χ1n) is 16.6. The van der Waals surface area contributed by atoms with E-state index in [-0.39, 0.29) is 43.1 Å². The van der Waals surface area contributed by atoms with Crippen LogP contribution in [0.25, 0.3) is 21.3 Å². The van der Waals surface area contributed by atoms with Crippen LogP contribution in [0, 0.1) is 5.92 Å². The van der Waals surface area contributed by atoms with Crippen LogP contribution in [0.4, 0.5) is 0 Å². The lowest BCUT2D eigenvalue weighted by Crippen LogP contribution is -2.38. The van der Waals surface area contributed by atoms with Gasteiger partial charge in [0.2, 0.25) is 0 Å². The zero-order chi connectivity index (χ0) is 34.2. The van der Waals surface area contributed by atoms with Crippen molar-refractivity contribution in [3.8, 4) is 11.1 Å². The normalized spacial score (nSPS) is 20.4.